The Balaban J connectivity index is 1.64. The lowest BCUT2D eigenvalue weighted by molar-refractivity contribution is 0.592. The van der Waals surface area contributed by atoms with Crippen LogP contribution in [0.15, 0.2) is 103 Å². The second-order valence-corrected chi connectivity index (χ2v) is 13.8. The van der Waals surface area contributed by atoms with Crippen molar-refractivity contribution >= 4 is 61.4 Å². The minimum Gasteiger partial charge on any atom is -0.375 e. The summed E-state index contributed by atoms with van der Waals surface area (Å²) in [6.45, 7) is 14.1. The van der Waals surface area contributed by atoms with Gasteiger partial charge in [0.2, 0.25) is 0 Å². The Kier molecular flexibility index (Phi) is 4.89. The van der Waals surface area contributed by atoms with E-state index in [1.807, 2.05) is 0 Å². The molecule has 0 atom stereocenters. The van der Waals surface area contributed by atoms with E-state index in [-0.39, 0.29) is 17.7 Å². The van der Waals surface area contributed by atoms with Gasteiger partial charge >= 0.3 is 6.85 Å². The number of rotatable bonds is 1. The Hall–Kier alpha value is -4.24. The quantitative estimate of drug-likeness (QED) is 0.189. The lowest BCUT2D eigenvalue weighted by atomic mass is 9.48. The summed E-state index contributed by atoms with van der Waals surface area (Å²) in [5, 5.41) is 5.32. The Morgan fingerprint density at radius 1 is 0.463 bits per heavy atom. The van der Waals surface area contributed by atoms with Gasteiger partial charge < -0.3 is 9.05 Å². The largest absolute Gasteiger partial charge is 0.375 e. The molecule has 2 aromatic heterocycles. The van der Waals surface area contributed by atoms with E-state index >= 15 is 0 Å². The SMILES string of the molecule is CC(C)(C)c1cccc2c3cccc(C(C)(C)C)c3n(B3c4ccccc4-n4c5ccccc5c5cccc3c54)c12. The van der Waals surface area contributed by atoms with Gasteiger partial charge in [-0.3, -0.25) is 0 Å². The fourth-order valence-corrected chi connectivity index (χ4v) is 7.51. The molecule has 8 rings (SSSR count). The third-order valence-corrected chi connectivity index (χ3v) is 9.21. The fraction of sp³-hybridized carbons (Fsp3) is 0.211. The zero-order valence-corrected chi connectivity index (χ0v) is 24.8. The van der Waals surface area contributed by atoms with Crippen LogP contribution in [0.1, 0.15) is 52.7 Å². The molecule has 41 heavy (non-hydrogen) atoms. The predicted octanol–water partition coefficient (Wildman–Crippen LogP) is 8.45. The number of aromatic nitrogens is 2. The van der Waals surface area contributed by atoms with Gasteiger partial charge in [0.25, 0.3) is 0 Å². The number of para-hydroxylation sites is 5. The average molecular weight is 531 g/mol. The smallest absolute Gasteiger partial charge is 0.332 e. The fourth-order valence-electron chi connectivity index (χ4n) is 7.51. The van der Waals surface area contributed by atoms with Crippen LogP contribution in [0.4, 0.5) is 0 Å². The normalized spacial score (nSPS) is 13.6. The zero-order valence-electron chi connectivity index (χ0n) is 24.8. The van der Waals surface area contributed by atoms with Crippen LogP contribution in [0.3, 0.4) is 0 Å². The highest BCUT2D eigenvalue weighted by Gasteiger charge is 2.38. The minimum atomic E-state index is -0.0113. The molecule has 2 nitrogen and oxygen atoms in total. The van der Waals surface area contributed by atoms with Crippen molar-refractivity contribution in [2.75, 3.05) is 0 Å². The van der Waals surface area contributed by atoms with Gasteiger partial charge in [-0.05, 0) is 45.0 Å². The molecule has 200 valence electrons. The number of benzene rings is 5. The minimum absolute atomic E-state index is 0.0113. The Bertz CT molecular complexity index is 2110. The lowest BCUT2D eigenvalue weighted by Gasteiger charge is -2.31. The van der Waals surface area contributed by atoms with E-state index in [1.54, 1.807) is 0 Å². The molecule has 0 saturated carbocycles. The first-order valence-electron chi connectivity index (χ1n) is 14.8. The van der Waals surface area contributed by atoms with Crippen LogP contribution in [0, 0.1) is 0 Å². The molecule has 7 aromatic rings. The molecule has 0 bridgehead atoms. The van der Waals surface area contributed by atoms with Crippen molar-refractivity contribution in [3.05, 3.63) is 114 Å². The highest BCUT2D eigenvalue weighted by Crippen LogP contribution is 2.42. The Labute approximate surface area is 242 Å². The van der Waals surface area contributed by atoms with Crippen molar-refractivity contribution in [1.29, 1.82) is 0 Å². The molecule has 0 radical (unpaired) electrons. The second kappa shape index (κ2) is 8.16. The van der Waals surface area contributed by atoms with Crippen LogP contribution in [-0.4, -0.2) is 15.9 Å². The van der Waals surface area contributed by atoms with E-state index < -0.39 is 0 Å². The summed E-state index contributed by atoms with van der Waals surface area (Å²) in [5.41, 5.74) is 12.1. The van der Waals surface area contributed by atoms with Crippen LogP contribution in [0.5, 0.6) is 0 Å². The van der Waals surface area contributed by atoms with Crippen LogP contribution < -0.4 is 10.9 Å². The summed E-state index contributed by atoms with van der Waals surface area (Å²) in [4.78, 5) is 0. The maximum Gasteiger partial charge on any atom is 0.332 e. The van der Waals surface area contributed by atoms with Crippen molar-refractivity contribution < 1.29 is 0 Å². The molecule has 1 aliphatic rings. The van der Waals surface area contributed by atoms with Crippen molar-refractivity contribution in [1.82, 2.24) is 9.05 Å². The summed E-state index contributed by atoms with van der Waals surface area (Å²) in [5.74, 6) is 0. The molecule has 0 unspecified atom stereocenters. The monoisotopic (exact) mass is 530 g/mol. The number of nitrogens with zero attached hydrogens (tertiary/aromatic N) is 2. The second-order valence-electron chi connectivity index (χ2n) is 13.8. The average Bonchev–Trinajstić information content (AvgIpc) is 3.47. The maximum atomic E-state index is 2.72. The maximum absolute atomic E-state index is 2.72. The predicted molar refractivity (Wildman–Crippen MR) is 178 cm³/mol. The standard InChI is InChI=1S/C38H35BN2/c1-37(2,3)28-18-11-15-26-27-16-12-19-29(38(4,5)6)35(27)41(34(26)28)39-30-20-8-10-23-33(30)40-32-22-9-7-14-24(32)25-17-13-21-31(39)36(25)40/h7-23H,1-6H3. The van der Waals surface area contributed by atoms with Gasteiger partial charge in [0.15, 0.2) is 0 Å². The summed E-state index contributed by atoms with van der Waals surface area (Å²) in [6.07, 6.45) is 0. The van der Waals surface area contributed by atoms with E-state index in [0.29, 0.717) is 0 Å². The zero-order chi connectivity index (χ0) is 28.3. The molecule has 0 aliphatic carbocycles. The first kappa shape index (κ1) is 24.6. The molecule has 3 heterocycles. The summed E-state index contributed by atoms with van der Waals surface area (Å²) >= 11 is 0. The third-order valence-electron chi connectivity index (χ3n) is 9.21. The topological polar surface area (TPSA) is 9.86 Å². The van der Waals surface area contributed by atoms with Crippen molar-refractivity contribution in [3.63, 3.8) is 0 Å². The van der Waals surface area contributed by atoms with Gasteiger partial charge in [-0.25, -0.2) is 0 Å². The highest BCUT2D eigenvalue weighted by molar-refractivity contribution is 6.88. The van der Waals surface area contributed by atoms with Crippen molar-refractivity contribution in [2.24, 2.45) is 0 Å². The van der Waals surface area contributed by atoms with E-state index in [4.69, 9.17) is 0 Å². The number of hydrogen-bond donors (Lipinski definition) is 0. The highest BCUT2D eigenvalue weighted by atomic mass is 15.0. The molecule has 0 amide bonds. The lowest BCUT2D eigenvalue weighted by Crippen LogP contribution is -2.53. The van der Waals surface area contributed by atoms with E-state index in [9.17, 15) is 0 Å². The molecule has 0 fully saturated rings. The first-order chi connectivity index (χ1) is 19.7. The van der Waals surface area contributed by atoms with Gasteiger partial charge in [-0.15, -0.1) is 0 Å². The summed E-state index contributed by atoms with van der Waals surface area (Å²) in [7, 11) is 0. The van der Waals surface area contributed by atoms with Crippen LogP contribution >= 0.6 is 0 Å². The molecule has 3 heteroatoms. The Morgan fingerprint density at radius 2 is 0.951 bits per heavy atom. The van der Waals surface area contributed by atoms with Gasteiger partial charge in [-0.1, -0.05) is 133 Å². The van der Waals surface area contributed by atoms with Gasteiger partial charge in [-0.2, -0.15) is 0 Å². The molecule has 0 N–H and O–H groups in total. The molecule has 0 spiro atoms. The number of hydrogen-bond acceptors (Lipinski definition) is 0. The molecule has 0 saturated heterocycles. The van der Waals surface area contributed by atoms with Gasteiger partial charge in [0, 0.05) is 38.3 Å². The van der Waals surface area contributed by atoms with Crippen LogP contribution in [-0.2, 0) is 10.8 Å². The molecule has 5 aromatic carbocycles. The van der Waals surface area contributed by atoms with E-state index in [2.05, 4.69) is 154 Å². The summed E-state index contributed by atoms with van der Waals surface area (Å²) in [6, 6.07) is 38.8. The first-order valence-corrected chi connectivity index (χ1v) is 14.8. The Morgan fingerprint density at radius 3 is 1.59 bits per heavy atom. The van der Waals surface area contributed by atoms with Crippen LogP contribution in [0.2, 0.25) is 0 Å². The molecular formula is C38H35BN2. The third kappa shape index (κ3) is 3.26. The van der Waals surface area contributed by atoms with Crippen molar-refractivity contribution in [3.8, 4) is 5.69 Å². The summed E-state index contributed by atoms with van der Waals surface area (Å²) < 4.78 is 5.23. The molecular weight excluding hydrogens is 495 g/mol. The van der Waals surface area contributed by atoms with Gasteiger partial charge in [0.05, 0.1) is 11.0 Å². The van der Waals surface area contributed by atoms with Crippen LogP contribution in [0.25, 0.3) is 49.3 Å². The van der Waals surface area contributed by atoms with E-state index in [0.717, 1.165) is 0 Å². The van der Waals surface area contributed by atoms with Crippen molar-refractivity contribution in [2.45, 2.75) is 52.4 Å². The number of fused-ring (bicyclic) bond motifs is 8. The van der Waals surface area contributed by atoms with E-state index in [1.165, 1.54) is 71.4 Å². The molecule has 1 aliphatic heterocycles. The van der Waals surface area contributed by atoms with Gasteiger partial charge in [0.1, 0.15) is 0 Å².